The molecule has 8 heteroatoms. The van der Waals surface area contributed by atoms with Crippen molar-refractivity contribution in [2.75, 3.05) is 20.2 Å². The molecule has 0 N–H and O–H groups in total. The second-order valence-corrected chi connectivity index (χ2v) is 13.8. The fraction of sp³-hybridized carbons (Fsp3) is 0.632. The third-order valence-electron chi connectivity index (χ3n) is 3.07. The largest absolute Gasteiger partial charge is 0.445 e. The number of likely N-dealkylation sites (N-methyl/N-ethyl adjacent to an activating group) is 1. The highest BCUT2D eigenvalue weighted by Gasteiger charge is 2.35. The van der Waals surface area contributed by atoms with Crippen molar-refractivity contribution in [1.82, 2.24) is 4.90 Å². The molecule has 2 unspecified atom stereocenters. The van der Waals surface area contributed by atoms with Crippen LogP contribution in [0.2, 0.25) is 0 Å². The second-order valence-electron chi connectivity index (χ2n) is 8.36. The predicted molar refractivity (Wildman–Crippen MR) is 112 cm³/mol. The number of carbonyl (C=O) groups is 1. The van der Waals surface area contributed by atoms with Crippen molar-refractivity contribution in [2.45, 2.75) is 58.9 Å². The van der Waals surface area contributed by atoms with Crippen molar-refractivity contribution < 1.29 is 23.1 Å². The fourth-order valence-corrected chi connectivity index (χ4v) is 7.99. The molecule has 0 aliphatic carbocycles. The van der Waals surface area contributed by atoms with Gasteiger partial charge in [-0.3, -0.25) is 4.57 Å². The summed E-state index contributed by atoms with van der Waals surface area (Å²) in [6.45, 7) is 12.1. The van der Waals surface area contributed by atoms with Crippen LogP contribution < -0.4 is 0 Å². The monoisotopic (exact) mass is 417 g/mol. The highest BCUT2D eigenvalue weighted by Crippen LogP contribution is 2.71. The van der Waals surface area contributed by atoms with Gasteiger partial charge in [-0.2, -0.15) is 0 Å². The van der Waals surface area contributed by atoms with E-state index in [1.807, 2.05) is 71.9 Å². The quantitative estimate of drug-likeness (QED) is 0.510. The molecule has 2 atom stereocenters. The van der Waals surface area contributed by atoms with Crippen molar-refractivity contribution in [3.05, 3.63) is 35.9 Å². The Morgan fingerprint density at radius 3 is 2.22 bits per heavy atom. The molecule has 1 aromatic carbocycles. The maximum atomic E-state index is 13.1. The Balaban J connectivity index is 2.53. The zero-order valence-corrected chi connectivity index (χ0v) is 19.3. The molecule has 27 heavy (non-hydrogen) atoms. The topological polar surface area (TPSA) is 65.1 Å². The smallest absolute Gasteiger partial charge is 0.409 e. The lowest BCUT2D eigenvalue weighted by Crippen LogP contribution is -2.30. The van der Waals surface area contributed by atoms with E-state index in [9.17, 15) is 9.36 Å². The first-order chi connectivity index (χ1) is 12.3. The lowest BCUT2D eigenvalue weighted by Gasteiger charge is -2.31. The first kappa shape index (κ1) is 24.1. The van der Waals surface area contributed by atoms with Crippen molar-refractivity contribution >= 4 is 21.6 Å². The van der Waals surface area contributed by atoms with E-state index in [2.05, 4.69) is 0 Å². The molecule has 0 bridgehead atoms. The number of nitrogens with zero attached hydrogens (tertiary/aromatic N) is 1. The number of amides is 1. The van der Waals surface area contributed by atoms with Gasteiger partial charge in [-0.05, 0) is 31.5 Å². The Labute approximate surface area is 165 Å². The van der Waals surface area contributed by atoms with Gasteiger partial charge in [0.15, 0.2) is 0 Å². The third-order valence-corrected chi connectivity index (χ3v) is 8.82. The molecule has 0 aliphatic heterocycles. The normalized spacial score (nSPS) is 14.9. The van der Waals surface area contributed by atoms with Crippen LogP contribution in [0.3, 0.4) is 0 Å². The molecule has 0 aromatic heterocycles. The Hall–Kier alpha value is -0.930. The van der Waals surface area contributed by atoms with Gasteiger partial charge < -0.3 is 18.7 Å². The van der Waals surface area contributed by atoms with E-state index >= 15 is 0 Å². The highest BCUT2D eigenvalue weighted by atomic mass is 32.1. The summed E-state index contributed by atoms with van der Waals surface area (Å²) in [6.07, 6.45) is -0.452. The summed E-state index contributed by atoms with van der Waals surface area (Å²) in [4.78, 5) is 13.5. The van der Waals surface area contributed by atoms with E-state index in [-0.39, 0.29) is 33.2 Å². The molecule has 0 heterocycles. The van der Waals surface area contributed by atoms with Gasteiger partial charge in [-0.1, -0.05) is 51.1 Å². The molecule has 0 aliphatic rings. The summed E-state index contributed by atoms with van der Waals surface area (Å²) in [5.41, 5.74) is 0.346. The van der Waals surface area contributed by atoms with E-state index < -0.39 is 19.0 Å². The minimum atomic E-state index is -3.26. The Morgan fingerprint density at radius 2 is 1.70 bits per heavy atom. The minimum Gasteiger partial charge on any atom is -0.445 e. The Kier molecular flexibility index (Phi) is 8.95. The maximum Gasteiger partial charge on any atom is 0.409 e. The van der Waals surface area contributed by atoms with Crippen LogP contribution in [-0.4, -0.2) is 41.9 Å². The highest BCUT2D eigenvalue weighted by molar-refractivity contribution is 8.20. The van der Waals surface area contributed by atoms with E-state index in [0.29, 0.717) is 0 Å². The van der Waals surface area contributed by atoms with Gasteiger partial charge in [0, 0.05) is 21.9 Å². The summed E-state index contributed by atoms with van der Waals surface area (Å²) in [7, 11) is -1.62. The number of carbonyl (C=O) groups excluding carboxylic acids is 1. The van der Waals surface area contributed by atoms with Gasteiger partial charge in [0.2, 0.25) is 0 Å². The van der Waals surface area contributed by atoms with Gasteiger partial charge >= 0.3 is 13.4 Å². The van der Waals surface area contributed by atoms with Crippen LogP contribution in [0.25, 0.3) is 0 Å². The molecular weight excluding hydrogens is 384 g/mol. The first-order valence-corrected chi connectivity index (χ1v) is 12.3. The number of rotatable bonds is 8. The van der Waals surface area contributed by atoms with Crippen LogP contribution in [0.4, 0.5) is 4.79 Å². The number of hydrogen-bond acceptors (Lipinski definition) is 5. The minimum absolute atomic E-state index is 0.0150. The summed E-state index contributed by atoms with van der Waals surface area (Å²) in [5.74, 6) is 0. The van der Waals surface area contributed by atoms with Crippen molar-refractivity contribution in [2.24, 2.45) is 0 Å². The number of ether oxygens (including phenoxy) is 1. The van der Waals surface area contributed by atoms with Gasteiger partial charge in [-0.25, -0.2) is 4.79 Å². The summed E-state index contributed by atoms with van der Waals surface area (Å²) < 4.78 is 29.8. The van der Waals surface area contributed by atoms with Crippen LogP contribution in [0.5, 0.6) is 0 Å². The Bertz CT molecular complexity index is 618. The lowest BCUT2D eigenvalue weighted by atomic mass is 10.2. The summed E-state index contributed by atoms with van der Waals surface area (Å²) >= 11 is 0. The molecule has 154 valence electrons. The molecule has 1 aromatic rings. The van der Waals surface area contributed by atoms with Crippen molar-refractivity contribution in [3.8, 4) is 0 Å². The van der Waals surface area contributed by atoms with Crippen molar-refractivity contribution in [3.63, 3.8) is 0 Å². The maximum absolute atomic E-state index is 13.1. The van der Waals surface area contributed by atoms with Crippen LogP contribution in [-0.2, 0) is 25.0 Å². The van der Waals surface area contributed by atoms with E-state index in [4.69, 9.17) is 13.8 Å². The van der Waals surface area contributed by atoms with Crippen LogP contribution in [0.15, 0.2) is 30.3 Å². The average Bonchev–Trinajstić information content (AvgIpc) is 2.49. The molecule has 1 rings (SSSR count). The second kappa shape index (κ2) is 10.0. The van der Waals surface area contributed by atoms with Gasteiger partial charge in [0.25, 0.3) is 0 Å². The van der Waals surface area contributed by atoms with Gasteiger partial charge in [0.1, 0.15) is 6.61 Å². The predicted octanol–water partition coefficient (Wildman–Crippen LogP) is 5.67. The SMILES string of the molecule is CN(CCOP(=O)(OC(C)(C)C)PC(C)(C)C)C(=O)OCc1ccccc1. The number of hydrogen-bond donors (Lipinski definition) is 0. The third kappa shape index (κ3) is 10.8. The van der Waals surface area contributed by atoms with Crippen LogP contribution in [0, 0.1) is 0 Å². The van der Waals surface area contributed by atoms with E-state index in [1.54, 1.807) is 7.05 Å². The zero-order chi connectivity index (χ0) is 20.7. The lowest BCUT2D eigenvalue weighted by molar-refractivity contribution is 0.0863. The standard InChI is InChI=1S/C19H33NO5P2/c1-18(2,3)25-27(22,26-19(4,5)6)24-14-13-20(7)17(21)23-15-16-11-9-8-10-12-16/h8-12,26H,13-15H2,1-7H3. The zero-order valence-electron chi connectivity index (χ0n) is 17.4. The first-order valence-electron chi connectivity index (χ1n) is 8.96. The molecule has 1 amide bonds. The molecule has 0 fully saturated rings. The summed E-state index contributed by atoms with van der Waals surface area (Å²) in [5, 5.41) is -0.179. The molecular formula is C19H33NO5P2. The van der Waals surface area contributed by atoms with E-state index in [0.717, 1.165) is 5.56 Å². The molecule has 0 radical (unpaired) electrons. The summed E-state index contributed by atoms with van der Waals surface area (Å²) in [6, 6.07) is 9.48. The molecule has 0 spiro atoms. The van der Waals surface area contributed by atoms with E-state index in [1.165, 1.54) is 4.90 Å². The number of benzene rings is 1. The Morgan fingerprint density at radius 1 is 1.11 bits per heavy atom. The van der Waals surface area contributed by atoms with Crippen LogP contribution in [0.1, 0.15) is 47.1 Å². The van der Waals surface area contributed by atoms with Gasteiger partial charge in [-0.15, -0.1) is 0 Å². The van der Waals surface area contributed by atoms with Crippen LogP contribution >= 0.6 is 15.6 Å². The fourth-order valence-electron chi connectivity index (χ4n) is 2.07. The van der Waals surface area contributed by atoms with Gasteiger partial charge in [0.05, 0.1) is 12.2 Å². The molecule has 0 saturated heterocycles. The molecule has 6 nitrogen and oxygen atoms in total. The molecule has 0 saturated carbocycles. The average molecular weight is 417 g/mol. The van der Waals surface area contributed by atoms with Crippen molar-refractivity contribution in [1.29, 1.82) is 0 Å².